The lowest BCUT2D eigenvalue weighted by atomic mass is 10.1. The van der Waals surface area contributed by atoms with Crippen LogP contribution in [0.3, 0.4) is 0 Å². The number of likely N-dealkylation sites (tertiary alicyclic amines) is 1. The van der Waals surface area contributed by atoms with Gasteiger partial charge in [-0.3, -0.25) is 4.79 Å². The summed E-state index contributed by atoms with van der Waals surface area (Å²) in [7, 11) is -3.23. The number of rotatable bonds is 8. The first kappa shape index (κ1) is 21.5. The SMILES string of the molecule is CCCS(=O)(=O)NC1CCN(C(=O)CCc2ccc(-c3ccccc3F)o2)CC1. The van der Waals surface area contributed by atoms with Gasteiger partial charge in [0.1, 0.15) is 17.3 Å². The van der Waals surface area contributed by atoms with Crippen molar-refractivity contribution in [3.8, 4) is 11.3 Å². The van der Waals surface area contributed by atoms with Gasteiger partial charge in [-0.1, -0.05) is 19.1 Å². The summed E-state index contributed by atoms with van der Waals surface area (Å²) in [5, 5.41) is 0. The molecule has 6 nitrogen and oxygen atoms in total. The predicted octanol–water partition coefficient (Wildman–Crippen LogP) is 3.34. The maximum atomic E-state index is 13.9. The van der Waals surface area contributed by atoms with E-state index in [2.05, 4.69) is 4.72 Å². The van der Waals surface area contributed by atoms with Crippen molar-refractivity contribution in [2.45, 2.75) is 45.1 Å². The molecule has 0 radical (unpaired) electrons. The molecule has 8 heteroatoms. The van der Waals surface area contributed by atoms with Gasteiger partial charge in [0.05, 0.1) is 11.3 Å². The van der Waals surface area contributed by atoms with Crippen molar-refractivity contribution >= 4 is 15.9 Å². The number of furan rings is 1. The van der Waals surface area contributed by atoms with Crippen LogP contribution >= 0.6 is 0 Å². The second-order valence-corrected chi connectivity index (χ2v) is 9.21. The summed E-state index contributed by atoms with van der Waals surface area (Å²) in [6.07, 6.45) is 2.56. The van der Waals surface area contributed by atoms with E-state index in [1.54, 1.807) is 35.2 Å². The van der Waals surface area contributed by atoms with Crippen molar-refractivity contribution in [3.05, 3.63) is 48.0 Å². The molecule has 0 atom stereocenters. The molecule has 1 amide bonds. The zero-order valence-electron chi connectivity index (χ0n) is 16.6. The smallest absolute Gasteiger partial charge is 0.223 e. The summed E-state index contributed by atoms with van der Waals surface area (Å²) < 4.78 is 46.0. The van der Waals surface area contributed by atoms with Crippen molar-refractivity contribution < 1.29 is 22.0 Å². The van der Waals surface area contributed by atoms with E-state index < -0.39 is 10.0 Å². The van der Waals surface area contributed by atoms with Crippen LogP contribution in [0.2, 0.25) is 0 Å². The number of nitrogens with one attached hydrogen (secondary N) is 1. The second-order valence-electron chi connectivity index (χ2n) is 7.34. The number of halogens is 1. The number of benzene rings is 1. The molecule has 1 aliphatic heterocycles. The molecule has 158 valence electrons. The van der Waals surface area contributed by atoms with Gasteiger partial charge in [-0.2, -0.15) is 0 Å². The fourth-order valence-electron chi connectivity index (χ4n) is 3.53. The molecule has 1 aromatic heterocycles. The first-order valence-electron chi connectivity index (χ1n) is 9.99. The van der Waals surface area contributed by atoms with Crippen LogP contribution in [0.1, 0.15) is 38.4 Å². The number of nitrogens with zero attached hydrogens (tertiary/aromatic N) is 1. The summed E-state index contributed by atoms with van der Waals surface area (Å²) >= 11 is 0. The van der Waals surface area contributed by atoms with Gasteiger partial charge in [0.15, 0.2) is 0 Å². The Morgan fingerprint density at radius 2 is 1.93 bits per heavy atom. The first-order chi connectivity index (χ1) is 13.9. The lowest BCUT2D eigenvalue weighted by Crippen LogP contribution is -2.47. The van der Waals surface area contributed by atoms with E-state index in [4.69, 9.17) is 4.42 Å². The third-order valence-electron chi connectivity index (χ3n) is 5.05. The maximum absolute atomic E-state index is 13.9. The standard InChI is InChI=1S/C21H27FN2O4S/c1-2-15-29(26,27)23-16-11-13-24(14-12-16)21(25)10-8-17-7-9-20(28-17)18-5-3-4-6-19(18)22/h3-7,9,16,23H,2,8,10-15H2,1H3. The van der Waals surface area contributed by atoms with Gasteiger partial charge < -0.3 is 9.32 Å². The first-order valence-corrected chi connectivity index (χ1v) is 11.6. The molecule has 1 aliphatic rings. The van der Waals surface area contributed by atoms with Crippen LogP contribution in [0.25, 0.3) is 11.3 Å². The summed E-state index contributed by atoms with van der Waals surface area (Å²) in [5.41, 5.74) is 0.401. The molecular formula is C21H27FN2O4S. The van der Waals surface area contributed by atoms with Crippen LogP contribution in [-0.4, -0.2) is 44.1 Å². The van der Waals surface area contributed by atoms with Gasteiger partial charge in [-0.15, -0.1) is 0 Å². The number of hydrogen-bond donors (Lipinski definition) is 1. The normalized spacial score (nSPS) is 15.6. The quantitative estimate of drug-likeness (QED) is 0.708. The molecule has 0 bridgehead atoms. The second kappa shape index (κ2) is 9.54. The van der Waals surface area contributed by atoms with E-state index in [0.717, 1.165) is 0 Å². The van der Waals surface area contributed by atoms with Gasteiger partial charge in [0, 0.05) is 32.0 Å². The van der Waals surface area contributed by atoms with Gasteiger partial charge in [0.2, 0.25) is 15.9 Å². The minimum absolute atomic E-state index is 0.0173. The summed E-state index contributed by atoms with van der Waals surface area (Å²) in [6.45, 7) is 2.91. The molecule has 2 heterocycles. The van der Waals surface area contributed by atoms with Crippen LogP contribution in [0, 0.1) is 5.82 Å². The van der Waals surface area contributed by atoms with Crippen molar-refractivity contribution in [1.29, 1.82) is 0 Å². The molecule has 3 rings (SSSR count). The predicted molar refractivity (Wildman–Crippen MR) is 109 cm³/mol. The van der Waals surface area contributed by atoms with E-state index in [9.17, 15) is 17.6 Å². The minimum atomic E-state index is -3.23. The number of amides is 1. The highest BCUT2D eigenvalue weighted by Crippen LogP contribution is 2.25. The maximum Gasteiger partial charge on any atom is 0.223 e. The molecule has 0 unspecified atom stereocenters. The zero-order valence-corrected chi connectivity index (χ0v) is 17.4. The average Bonchev–Trinajstić information content (AvgIpc) is 3.15. The molecule has 2 aromatic rings. The topological polar surface area (TPSA) is 79.6 Å². The lowest BCUT2D eigenvalue weighted by Gasteiger charge is -2.32. The van der Waals surface area contributed by atoms with Gasteiger partial charge >= 0.3 is 0 Å². The largest absolute Gasteiger partial charge is 0.461 e. The van der Waals surface area contributed by atoms with E-state index in [1.807, 2.05) is 6.92 Å². The Bertz CT molecular complexity index is 934. The van der Waals surface area contributed by atoms with E-state index in [0.29, 0.717) is 62.3 Å². The number of sulfonamides is 1. The van der Waals surface area contributed by atoms with Gasteiger partial charge in [0.25, 0.3) is 0 Å². The Morgan fingerprint density at radius 1 is 1.21 bits per heavy atom. The molecule has 0 spiro atoms. The van der Waals surface area contributed by atoms with Crippen molar-refractivity contribution in [2.24, 2.45) is 0 Å². The Labute approximate surface area is 171 Å². The molecule has 1 saturated heterocycles. The molecule has 1 fully saturated rings. The number of carbonyl (C=O) groups excluding carboxylic acids is 1. The van der Waals surface area contributed by atoms with E-state index in [1.165, 1.54) is 6.07 Å². The Kier molecular flexibility index (Phi) is 7.08. The Morgan fingerprint density at radius 3 is 2.62 bits per heavy atom. The summed E-state index contributed by atoms with van der Waals surface area (Å²) in [5.74, 6) is 0.889. The monoisotopic (exact) mass is 422 g/mol. The third kappa shape index (κ3) is 5.90. The minimum Gasteiger partial charge on any atom is -0.461 e. The van der Waals surface area contributed by atoms with Crippen LogP contribution in [0.4, 0.5) is 4.39 Å². The molecule has 0 saturated carbocycles. The average molecular weight is 423 g/mol. The van der Waals surface area contributed by atoms with Crippen molar-refractivity contribution in [3.63, 3.8) is 0 Å². The lowest BCUT2D eigenvalue weighted by molar-refractivity contribution is -0.132. The number of aryl methyl sites for hydroxylation is 1. The Hall–Kier alpha value is -2.19. The highest BCUT2D eigenvalue weighted by molar-refractivity contribution is 7.89. The highest BCUT2D eigenvalue weighted by Gasteiger charge is 2.25. The van der Waals surface area contributed by atoms with Crippen molar-refractivity contribution in [1.82, 2.24) is 9.62 Å². The fraction of sp³-hybridized carbons (Fsp3) is 0.476. The van der Waals surface area contributed by atoms with E-state index in [-0.39, 0.29) is 23.5 Å². The summed E-state index contributed by atoms with van der Waals surface area (Å²) in [6, 6.07) is 9.78. The fourth-order valence-corrected chi connectivity index (χ4v) is 4.93. The van der Waals surface area contributed by atoms with Crippen LogP contribution in [0.15, 0.2) is 40.8 Å². The van der Waals surface area contributed by atoms with Crippen LogP contribution < -0.4 is 4.72 Å². The molecule has 0 aliphatic carbocycles. The Balaban J connectivity index is 1.47. The third-order valence-corrected chi connectivity index (χ3v) is 6.69. The van der Waals surface area contributed by atoms with E-state index >= 15 is 0 Å². The van der Waals surface area contributed by atoms with Gasteiger partial charge in [-0.25, -0.2) is 17.5 Å². The molecule has 29 heavy (non-hydrogen) atoms. The molecule has 1 aromatic carbocycles. The van der Waals surface area contributed by atoms with Crippen LogP contribution in [-0.2, 0) is 21.2 Å². The highest BCUT2D eigenvalue weighted by atomic mass is 32.2. The van der Waals surface area contributed by atoms with Crippen LogP contribution in [0.5, 0.6) is 0 Å². The van der Waals surface area contributed by atoms with Crippen molar-refractivity contribution in [2.75, 3.05) is 18.8 Å². The number of piperidine rings is 1. The number of hydrogen-bond acceptors (Lipinski definition) is 4. The summed E-state index contributed by atoms with van der Waals surface area (Å²) in [4.78, 5) is 14.3. The molecular weight excluding hydrogens is 395 g/mol. The van der Waals surface area contributed by atoms with Gasteiger partial charge in [-0.05, 0) is 43.5 Å². The molecule has 1 N–H and O–H groups in total. The zero-order chi connectivity index (χ0) is 20.9. The number of carbonyl (C=O) groups is 1.